The van der Waals surface area contributed by atoms with E-state index in [1.807, 2.05) is 28.5 Å². The van der Waals surface area contributed by atoms with Gasteiger partial charge in [-0.25, -0.2) is 0 Å². The van der Waals surface area contributed by atoms with Gasteiger partial charge in [-0.15, -0.1) is 15.3 Å². The number of aryl methyl sites for hydroxylation is 1. The Labute approximate surface area is 161 Å². The number of carbonyl (C=O) groups excluding carboxylic acids is 1. The van der Waals surface area contributed by atoms with Crippen LogP contribution in [0.3, 0.4) is 0 Å². The first-order chi connectivity index (χ1) is 13.6. The van der Waals surface area contributed by atoms with Crippen molar-refractivity contribution in [3.05, 3.63) is 42.0 Å². The van der Waals surface area contributed by atoms with Gasteiger partial charge in [0.25, 0.3) is 5.91 Å². The smallest absolute Gasteiger partial charge is 0.255 e. The topological polar surface area (TPSA) is 99.8 Å². The van der Waals surface area contributed by atoms with Crippen LogP contribution in [-0.4, -0.2) is 66.9 Å². The molecule has 1 N–H and O–H groups in total. The van der Waals surface area contributed by atoms with Gasteiger partial charge in [0, 0.05) is 50.6 Å². The van der Waals surface area contributed by atoms with Crippen LogP contribution < -0.4 is 4.90 Å². The number of rotatable bonds is 3. The second-order valence-corrected chi connectivity index (χ2v) is 7.50. The molecule has 2 atom stereocenters. The van der Waals surface area contributed by atoms with Crippen LogP contribution in [0.2, 0.25) is 0 Å². The van der Waals surface area contributed by atoms with Crippen molar-refractivity contribution in [3.63, 3.8) is 0 Å². The number of aromatic hydroxyl groups is 1. The fourth-order valence-electron chi connectivity index (χ4n) is 4.29. The maximum absolute atomic E-state index is 12.7. The Hall–Kier alpha value is -3.23. The Bertz CT molecular complexity index is 1040. The standard InChI is InChI=1S/C19H21N7O2/c1-2-16-21-22-17-3-4-18(23-26(16)17)24-8-13-10-25(11-14(13)9-24)19(28)12-5-15(27)7-20-6-12/h3-7,13-14,27H,2,8-11H2,1H3. The summed E-state index contributed by atoms with van der Waals surface area (Å²) in [4.78, 5) is 20.8. The quantitative estimate of drug-likeness (QED) is 0.724. The van der Waals surface area contributed by atoms with Gasteiger partial charge < -0.3 is 14.9 Å². The van der Waals surface area contributed by atoms with Crippen molar-refractivity contribution >= 4 is 17.4 Å². The minimum absolute atomic E-state index is 0.0123. The van der Waals surface area contributed by atoms with Crippen molar-refractivity contribution in [2.24, 2.45) is 11.8 Å². The SMILES string of the molecule is CCc1nnc2ccc(N3CC4CN(C(=O)c5cncc(O)c5)CC4C3)nn12. The lowest BCUT2D eigenvalue weighted by Crippen LogP contribution is -2.33. The highest BCUT2D eigenvalue weighted by atomic mass is 16.3. The lowest BCUT2D eigenvalue weighted by molar-refractivity contribution is 0.0781. The highest BCUT2D eigenvalue weighted by molar-refractivity contribution is 5.94. The van der Waals surface area contributed by atoms with Gasteiger partial charge in [-0.1, -0.05) is 6.92 Å². The fourth-order valence-corrected chi connectivity index (χ4v) is 4.29. The van der Waals surface area contributed by atoms with Gasteiger partial charge in [0.1, 0.15) is 11.6 Å². The Kier molecular flexibility index (Phi) is 3.88. The predicted octanol–water partition coefficient (Wildman–Crippen LogP) is 0.996. The molecule has 28 heavy (non-hydrogen) atoms. The molecule has 0 bridgehead atoms. The highest BCUT2D eigenvalue weighted by Crippen LogP contribution is 2.34. The third-order valence-electron chi connectivity index (χ3n) is 5.70. The van der Waals surface area contributed by atoms with Crippen LogP contribution in [0.1, 0.15) is 23.1 Å². The van der Waals surface area contributed by atoms with E-state index in [1.54, 1.807) is 0 Å². The first-order valence-corrected chi connectivity index (χ1v) is 9.52. The lowest BCUT2D eigenvalue weighted by atomic mass is 10.0. The summed E-state index contributed by atoms with van der Waals surface area (Å²) in [5, 5.41) is 22.6. The molecule has 5 rings (SSSR count). The monoisotopic (exact) mass is 379 g/mol. The summed E-state index contributed by atoms with van der Waals surface area (Å²) in [5.41, 5.74) is 1.19. The third-order valence-corrected chi connectivity index (χ3v) is 5.70. The maximum atomic E-state index is 12.7. The molecule has 2 saturated heterocycles. The van der Waals surface area contributed by atoms with E-state index in [4.69, 9.17) is 5.10 Å². The summed E-state index contributed by atoms with van der Waals surface area (Å²) in [6, 6.07) is 5.42. The van der Waals surface area contributed by atoms with Crippen molar-refractivity contribution < 1.29 is 9.90 Å². The number of carbonyl (C=O) groups is 1. The second-order valence-electron chi connectivity index (χ2n) is 7.50. The molecular formula is C19H21N7O2. The average Bonchev–Trinajstić information content (AvgIpc) is 3.39. The molecule has 2 aliphatic rings. The summed E-state index contributed by atoms with van der Waals surface area (Å²) in [6.07, 6.45) is 3.62. The van der Waals surface area contributed by atoms with Crippen molar-refractivity contribution in [1.29, 1.82) is 0 Å². The van der Waals surface area contributed by atoms with E-state index in [0.717, 1.165) is 36.8 Å². The van der Waals surface area contributed by atoms with E-state index in [2.05, 4.69) is 20.1 Å². The van der Waals surface area contributed by atoms with Crippen LogP contribution in [0.4, 0.5) is 5.82 Å². The number of aromatic nitrogens is 5. The van der Waals surface area contributed by atoms with Gasteiger partial charge in [-0.2, -0.15) is 4.52 Å². The summed E-state index contributed by atoms with van der Waals surface area (Å²) in [6.45, 7) is 5.21. The number of amides is 1. The van der Waals surface area contributed by atoms with Crippen LogP contribution in [0.25, 0.3) is 5.65 Å². The van der Waals surface area contributed by atoms with Crippen molar-refractivity contribution in [3.8, 4) is 5.75 Å². The van der Waals surface area contributed by atoms with Crippen molar-refractivity contribution in [2.45, 2.75) is 13.3 Å². The Morgan fingerprint density at radius 3 is 2.64 bits per heavy atom. The molecule has 144 valence electrons. The molecule has 9 heteroatoms. The largest absolute Gasteiger partial charge is 0.506 e. The fraction of sp³-hybridized carbons (Fsp3) is 0.421. The van der Waals surface area contributed by atoms with Gasteiger partial charge in [-0.05, 0) is 18.2 Å². The van der Waals surface area contributed by atoms with Gasteiger partial charge in [0.15, 0.2) is 11.5 Å². The minimum Gasteiger partial charge on any atom is -0.506 e. The minimum atomic E-state index is -0.0685. The molecule has 0 aliphatic carbocycles. The molecule has 9 nitrogen and oxygen atoms in total. The zero-order valence-corrected chi connectivity index (χ0v) is 15.6. The van der Waals surface area contributed by atoms with Crippen molar-refractivity contribution in [2.75, 3.05) is 31.1 Å². The van der Waals surface area contributed by atoms with E-state index < -0.39 is 0 Å². The van der Waals surface area contributed by atoms with E-state index in [9.17, 15) is 9.90 Å². The van der Waals surface area contributed by atoms with Gasteiger partial charge in [0.2, 0.25) is 0 Å². The summed E-state index contributed by atoms with van der Waals surface area (Å²) >= 11 is 0. The molecule has 3 aromatic heterocycles. The van der Waals surface area contributed by atoms with Crippen LogP contribution in [-0.2, 0) is 6.42 Å². The van der Waals surface area contributed by atoms with Crippen LogP contribution in [0.15, 0.2) is 30.6 Å². The molecule has 5 heterocycles. The number of hydrogen-bond donors (Lipinski definition) is 1. The highest BCUT2D eigenvalue weighted by Gasteiger charge is 2.42. The third kappa shape index (κ3) is 2.74. The van der Waals surface area contributed by atoms with Gasteiger partial charge in [-0.3, -0.25) is 9.78 Å². The molecule has 0 radical (unpaired) electrons. The molecular weight excluding hydrogens is 358 g/mol. The molecule has 0 spiro atoms. The number of fused-ring (bicyclic) bond motifs is 2. The van der Waals surface area contributed by atoms with E-state index in [-0.39, 0.29) is 11.7 Å². The zero-order chi connectivity index (χ0) is 19.3. The molecule has 1 amide bonds. The van der Waals surface area contributed by atoms with E-state index in [0.29, 0.717) is 30.5 Å². The molecule has 2 fully saturated rings. The average molecular weight is 379 g/mol. The van der Waals surface area contributed by atoms with Gasteiger partial charge >= 0.3 is 0 Å². The molecule has 2 aliphatic heterocycles. The molecule has 0 saturated carbocycles. The van der Waals surface area contributed by atoms with Crippen LogP contribution in [0, 0.1) is 11.8 Å². The summed E-state index contributed by atoms with van der Waals surface area (Å²) in [7, 11) is 0. The number of nitrogens with zero attached hydrogens (tertiary/aromatic N) is 7. The predicted molar refractivity (Wildman–Crippen MR) is 101 cm³/mol. The molecule has 0 aromatic carbocycles. The number of pyridine rings is 1. The Balaban J connectivity index is 1.30. The molecule has 3 aromatic rings. The first kappa shape index (κ1) is 16.9. The lowest BCUT2D eigenvalue weighted by Gasteiger charge is -2.22. The summed E-state index contributed by atoms with van der Waals surface area (Å²) < 4.78 is 1.81. The van der Waals surface area contributed by atoms with Crippen LogP contribution in [0.5, 0.6) is 5.75 Å². The van der Waals surface area contributed by atoms with E-state index >= 15 is 0 Å². The zero-order valence-electron chi connectivity index (χ0n) is 15.6. The first-order valence-electron chi connectivity index (χ1n) is 9.52. The molecule has 2 unspecified atom stereocenters. The normalized spacial score (nSPS) is 21.5. The van der Waals surface area contributed by atoms with Crippen molar-refractivity contribution in [1.82, 2.24) is 29.7 Å². The maximum Gasteiger partial charge on any atom is 0.255 e. The van der Waals surface area contributed by atoms with Crippen LogP contribution >= 0.6 is 0 Å². The Morgan fingerprint density at radius 2 is 1.93 bits per heavy atom. The van der Waals surface area contributed by atoms with Gasteiger partial charge in [0.05, 0.1) is 11.8 Å². The number of hydrogen-bond acceptors (Lipinski definition) is 7. The second kappa shape index (κ2) is 6.43. The Morgan fingerprint density at radius 1 is 1.14 bits per heavy atom. The number of anilines is 1. The number of likely N-dealkylation sites (tertiary alicyclic amines) is 1. The van der Waals surface area contributed by atoms with E-state index in [1.165, 1.54) is 18.5 Å². The summed E-state index contributed by atoms with van der Waals surface area (Å²) in [5.74, 6) is 2.55.